The molecule has 1 aromatic rings. The van der Waals surface area contributed by atoms with Crippen LogP contribution in [-0.2, 0) is 14.3 Å². The molecule has 4 atom stereocenters. The molecule has 0 spiro atoms. The fourth-order valence-corrected chi connectivity index (χ4v) is 5.30. The number of benzene rings is 1. The Morgan fingerprint density at radius 3 is 2.54 bits per heavy atom. The topological polar surface area (TPSA) is 64.6 Å². The summed E-state index contributed by atoms with van der Waals surface area (Å²) in [6.45, 7) is 5.16. The van der Waals surface area contributed by atoms with Crippen molar-refractivity contribution in [3.05, 3.63) is 29.8 Å². The maximum Gasteiger partial charge on any atom is 0.337 e. The van der Waals surface area contributed by atoms with Gasteiger partial charge in [0, 0.05) is 16.5 Å². The smallest absolute Gasteiger partial charge is 0.337 e. The van der Waals surface area contributed by atoms with Crippen LogP contribution in [0, 0.1) is 16.7 Å². The first-order valence-corrected chi connectivity index (χ1v) is 8.50. The van der Waals surface area contributed by atoms with Gasteiger partial charge in [0.1, 0.15) is 0 Å². The van der Waals surface area contributed by atoms with Gasteiger partial charge >= 0.3 is 5.97 Å². The molecule has 5 nitrogen and oxygen atoms in total. The van der Waals surface area contributed by atoms with Crippen molar-refractivity contribution < 1.29 is 19.1 Å². The molecular weight excluding hydrogens is 306 g/mol. The van der Waals surface area contributed by atoms with Gasteiger partial charge in [-0.2, -0.15) is 0 Å². The maximum absolute atomic E-state index is 13.1. The molecule has 0 aromatic heterocycles. The number of methoxy groups -OCH3 is 1. The van der Waals surface area contributed by atoms with E-state index in [0.29, 0.717) is 23.8 Å². The van der Waals surface area contributed by atoms with Gasteiger partial charge in [-0.1, -0.05) is 13.8 Å². The monoisotopic (exact) mass is 329 g/mol. The predicted octanol–water partition coefficient (Wildman–Crippen LogP) is 3.01. The van der Waals surface area contributed by atoms with E-state index >= 15 is 0 Å². The van der Waals surface area contributed by atoms with Crippen molar-refractivity contribution in [3.8, 4) is 0 Å². The lowest BCUT2D eigenvalue weighted by atomic mass is 9.66. The first-order chi connectivity index (χ1) is 11.4. The third-order valence-corrected chi connectivity index (χ3v) is 7.13. The lowest BCUT2D eigenvalue weighted by Gasteiger charge is -2.40. The molecule has 1 heterocycles. The van der Waals surface area contributed by atoms with Crippen LogP contribution in [0.4, 0.5) is 5.69 Å². The molecule has 1 aromatic carbocycles. The summed E-state index contributed by atoms with van der Waals surface area (Å²) in [7, 11) is 1.35. The Morgan fingerprint density at radius 2 is 1.96 bits per heavy atom. The molecule has 2 aliphatic carbocycles. The quantitative estimate of drug-likeness (QED) is 0.866. The Kier molecular flexibility index (Phi) is 3.14. The van der Waals surface area contributed by atoms with Gasteiger partial charge in [-0.15, -0.1) is 0 Å². The van der Waals surface area contributed by atoms with Crippen molar-refractivity contribution in [2.75, 3.05) is 19.0 Å². The fourth-order valence-electron chi connectivity index (χ4n) is 5.30. The van der Waals surface area contributed by atoms with Crippen LogP contribution in [0.3, 0.4) is 0 Å². The van der Waals surface area contributed by atoms with E-state index in [1.165, 1.54) is 13.5 Å². The zero-order chi connectivity index (χ0) is 17.2. The van der Waals surface area contributed by atoms with Crippen molar-refractivity contribution in [1.82, 2.24) is 0 Å². The molecule has 1 saturated heterocycles. The van der Waals surface area contributed by atoms with Crippen LogP contribution in [0.15, 0.2) is 24.3 Å². The first-order valence-electron chi connectivity index (χ1n) is 8.50. The van der Waals surface area contributed by atoms with Gasteiger partial charge < -0.3 is 14.8 Å². The van der Waals surface area contributed by atoms with Crippen LogP contribution < -0.4 is 5.32 Å². The molecule has 1 N–H and O–H groups in total. The number of hydrogen-bond acceptors (Lipinski definition) is 4. The molecule has 2 saturated carbocycles. The number of esters is 1. The second-order valence-electron chi connectivity index (χ2n) is 7.83. The number of carbonyl (C=O) groups is 2. The van der Waals surface area contributed by atoms with Gasteiger partial charge in [-0.3, -0.25) is 4.79 Å². The predicted molar refractivity (Wildman–Crippen MR) is 88.6 cm³/mol. The zero-order valence-electron chi connectivity index (χ0n) is 14.3. The Balaban J connectivity index is 1.56. The minimum atomic E-state index is -0.717. The van der Waals surface area contributed by atoms with Crippen molar-refractivity contribution in [3.63, 3.8) is 0 Å². The molecule has 3 fully saturated rings. The second kappa shape index (κ2) is 4.82. The standard InChI is InChI=1S/C19H23NO4/c1-17-11-24-19(10-13(17)8-9-18(17,19)2)16(22)20-14-6-4-12(5-7-14)15(21)23-3/h4-7,13H,8-11H2,1-3H3,(H,20,22)/t13-,17+,18+,19-/m1/s1. The number of nitrogens with one attached hydrogen (secondary N) is 1. The number of hydrogen-bond donors (Lipinski definition) is 1. The van der Waals surface area contributed by atoms with Crippen molar-refractivity contribution in [2.24, 2.45) is 16.7 Å². The average molecular weight is 329 g/mol. The molecule has 4 rings (SSSR count). The van der Waals surface area contributed by atoms with Crippen LogP contribution in [-0.4, -0.2) is 31.2 Å². The minimum absolute atomic E-state index is 0.0539. The van der Waals surface area contributed by atoms with Crippen LogP contribution >= 0.6 is 0 Å². The normalized spacial score (nSPS) is 39.0. The third-order valence-electron chi connectivity index (χ3n) is 7.13. The second-order valence-corrected chi connectivity index (χ2v) is 7.83. The lowest BCUT2D eigenvalue weighted by Crippen LogP contribution is -2.52. The van der Waals surface area contributed by atoms with Gasteiger partial charge in [0.2, 0.25) is 0 Å². The van der Waals surface area contributed by atoms with E-state index in [9.17, 15) is 9.59 Å². The molecule has 4 bridgehead atoms. The number of anilines is 1. The summed E-state index contributed by atoms with van der Waals surface area (Å²) in [6.07, 6.45) is 3.05. The number of carbonyl (C=O) groups excluding carboxylic acids is 2. The first kappa shape index (κ1) is 15.6. The van der Waals surface area contributed by atoms with Gasteiger partial charge in [0.05, 0.1) is 19.3 Å². The summed E-state index contributed by atoms with van der Waals surface area (Å²) in [5, 5.41) is 3.00. The average Bonchev–Trinajstić information content (AvgIpc) is 3.06. The summed E-state index contributed by atoms with van der Waals surface area (Å²) in [5.74, 6) is 0.132. The van der Waals surface area contributed by atoms with Gasteiger partial charge in [0.15, 0.2) is 5.60 Å². The summed E-state index contributed by atoms with van der Waals surface area (Å²) < 4.78 is 10.8. The molecule has 0 radical (unpaired) electrons. The SMILES string of the molecule is COC(=O)c1ccc(NC(=O)[C@]23C[C@H]4CC[C@@]2(C)[C@@]4(C)CO3)cc1. The number of amides is 1. The van der Waals surface area contributed by atoms with Gasteiger partial charge in [-0.05, 0) is 49.4 Å². The highest BCUT2D eigenvalue weighted by atomic mass is 16.5. The molecule has 1 aliphatic heterocycles. The fraction of sp³-hybridized carbons (Fsp3) is 0.579. The van der Waals surface area contributed by atoms with Crippen molar-refractivity contribution in [1.29, 1.82) is 0 Å². The highest BCUT2D eigenvalue weighted by molar-refractivity contribution is 5.99. The molecule has 5 heteroatoms. The van der Waals surface area contributed by atoms with Crippen molar-refractivity contribution in [2.45, 2.75) is 38.7 Å². The van der Waals surface area contributed by atoms with Gasteiger partial charge in [-0.25, -0.2) is 4.79 Å². The van der Waals surface area contributed by atoms with Gasteiger partial charge in [0.25, 0.3) is 5.91 Å². The zero-order valence-corrected chi connectivity index (χ0v) is 14.3. The Labute approximate surface area is 141 Å². The highest BCUT2D eigenvalue weighted by Crippen LogP contribution is 2.75. The van der Waals surface area contributed by atoms with Crippen LogP contribution in [0.2, 0.25) is 0 Å². The molecule has 1 amide bonds. The largest absolute Gasteiger partial charge is 0.465 e. The number of ether oxygens (including phenoxy) is 2. The van der Waals surface area contributed by atoms with E-state index < -0.39 is 5.60 Å². The van der Waals surface area contributed by atoms with E-state index in [1.54, 1.807) is 24.3 Å². The van der Waals surface area contributed by atoms with Crippen LogP contribution in [0.5, 0.6) is 0 Å². The summed E-state index contributed by atoms with van der Waals surface area (Å²) in [6, 6.07) is 6.76. The Hall–Kier alpha value is -1.88. The third kappa shape index (κ3) is 1.68. The van der Waals surface area contributed by atoms with Crippen molar-refractivity contribution >= 4 is 17.6 Å². The highest BCUT2D eigenvalue weighted by Gasteiger charge is 2.78. The van der Waals surface area contributed by atoms with E-state index in [2.05, 4.69) is 23.9 Å². The molecule has 3 aliphatic rings. The molecular formula is C19H23NO4. The number of rotatable bonds is 3. The lowest BCUT2D eigenvalue weighted by molar-refractivity contribution is -0.149. The summed E-state index contributed by atoms with van der Waals surface area (Å²) >= 11 is 0. The molecule has 24 heavy (non-hydrogen) atoms. The Morgan fingerprint density at radius 1 is 1.25 bits per heavy atom. The van der Waals surface area contributed by atoms with E-state index in [1.807, 2.05) is 0 Å². The van der Waals surface area contributed by atoms with Crippen LogP contribution in [0.25, 0.3) is 0 Å². The Bertz CT molecular complexity index is 715. The summed E-state index contributed by atoms with van der Waals surface area (Å²) in [5.41, 5.74) is 0.432. The van der Waals surface area contributed by atoms with E-state index in [-0.39, 0.29) is 22.7 Å². The minimum Gasteiger partial charge on any atom is -0.465 e. The van der Waals surface area contributed by atoms with E-state index in [4.69, 9.17) is 4.74 Å². The van der Waals surface area contributed by atoms with E-state index in [0.717, 1.165) is 12.8 Å². The molecule has 128 valence electrons. The summed E-state index contributed by atoms with van der Waals surface area (Å²) in [4.78, 5) is 24.6. The molecule has 0 unspecified atom stereocenters. The maximum atomic E-state index is 13.1. The van der Waals surface area contributed by atoms with Crippen LogP contribution in [0.1, 0.15) is 43.5 Å².